The number of aromatic nitrogens is 1. The van der Waals surface area contributed by atoms with Crippen LogP contribution >= 0.6 is 0 Å². The maximum atomic E-state index is 12.1. The van der Waals surface area contributed by atoms with Crippen LogP contribution in [-0.2, 0) is 0 Å². The lowest BCUT2D eigenvalue weighted by Gasteiger charge is -2.21. The molecule has 16 heavy (non-hydrogen) atoms. The molecule has 1 heterocycles. The van der Waals surface area contributed by atoms with Gasteiger partial charge in [-0.25, -0.2) is 0 Å². The van der Waals surface area contributed by atoms with E-state index in [0.717, 1.165) is 19.4 Å². The highest BCUT2D eigenvalue weighted by Crippen LogP contribution is 2.12. The number of amides is 1. The second-order valence-electron chi connectivity index (χ2n) is 3.70. The summed E-state index contributed by atoms with van der Waals surface area (Å²) in [7, 11) is 0. The number of hydrogen-bond donors (Lipinski definition) is 1. The fourth-order valence-corrected chi connectivity index (χ4v) is 1.52. The molecule has 1 rings (SSSR count). The predicted octanol–water partition coefficient (Wildman–Crippen LogP) is 1.93. The molecule has 1 aromatic rings. The number of nitrogen functional groups attached to an aromatic ring is 1. The highest BCUT2D eigenvalue weighted by Gasteiger charge is 2.15. The topological polar surface area (TPSA) is 59.2 Å². The van der Waals surface area contributed by atoms with Crippen LogP contribution in [0.2, 0.25) is 0 Å². The van der Waals surface area contributed by atoms with Crippen LogP contribution in [0.1, 0.15) is 37.0 Å². The molecule has 4 nitrogen and oxygen atoms in total. The van der Waals surface area contributed by atoms with Crippen molar-refractivity contribution in [3.63, 3.8) is 0 Å². The van der Waals surface area contributed by atoms with Crippen LogP contribution in [0.25, 0.3) is 0 Å². The number of carbonyl (C=O) groups is 1. The van der Waals surface area contributed by atoms with Crippen LogP contribution in [0.4, 0.5) is 5.69 Å². The summed E-state index contributed by atoms with van der Waals surface area (Å²) in [5.74, 6) is -0.00384. The van der Waals surface area contributed by atoms with E-state index in [1.807, 2.05) is 11.8 Å². The number of nitrogens with two attached hydrogens (primary N) is 1. The van der Waals surface area contributed by atoms with E-state index in [0.29, 0.717) is 17.8 Å². The molecule has 0 aliphatic rings. The first-order valence-electron chi connectivity index (χ1n) is 5.69. The third-order valence-electron chi connectivity index (χ3n) is 2.53. The number of pyridine rings is 1. The van der Waals surface area contributed by atoms with E-state index in [1.165, 1.54) is 6.20 Å². The van der Waals surface area contributed by atoms with Gasteiger partial charge in [-0.3, -0.25) is 9.78 Å². The van der Waals surface area contributed by atoms with Crippen LogP contribution in [0.3, 0.4) is 0 Å². The van der Waals surface area contributed by atoms with Gasteiger partial charge in [-0.1, -0.05) is 13.3 Å². The van der Waals surface area contributed by atoms with E-state index < -0.39 is 0 Å². The lowest BCUT2D eigenvalue weighted by Crippen LogP contribution is -2.32. The van der Waals surface area contributed by atoms with Gasteiger partial charge in [-0.15, -0.1) is 0 Å². The molecule has 0 bridgehead atoms. The number of hydrogen-bond acceptors (Lipinski definition) is 3. The largest absolute Gasteiger partial charge is 0.397 e. The summed E-state index contributed by atoms with van der Waals surface area (Å²) in [6.07, 6.45) is 5.21. The van der Waals surface area contributed by atoms with E-state index in [-0.39, 0.29) is 5.91 Å². The van der Waals surface area contributed by atoms with E-state index in [1.54, 1.807) is 12.3 Å². The monoisotopic (exact) mass is 221 g/mol. The molecule has 2 N–H and O–H groups in total. The van der Waals surface area contributed by atoms with Gasteiger partial charge in [0.2, 0.25) is 0 Å². The Morgan fingerprint density at radius 1 is 1.50 bits per heavy atom. The van der Waals surface area contributed by atoms with E-state index in [4.69, 9.17) is 5.73 Å². The van der Waals surface area contributed by atoms with Crippen molar-refractivity contribution in [2.45, 2.75) is 26.7 Å². The van der Waals surface area contributed by atoms with Gasteiger partial charge < -0.3 is 10.6 Å². The fraction of sp³-hybridized carbons (Fsp3) is 0.500. The van der Waals surface area contributed by atoms with Gasteiger partial charge in [0.25, 0.3) is 5.91 Å². The molecule has 0 spiro atoms. The molecule has 1 aromatic heterocycles. The molecule has 0 atom stereocenters. The first kappa shape index (κ1) is 12.5. The van der Waals surface area contributed by atoms with E-state index >= 15 is 0 Å². The summed E-state index contributed by atoms with van der Waals surface area (Å²) in [4.78, 5) is 17.8. The van der Waals surface area contributed by atoms with Gasteiger partial charge in [0.1, 0.15) is 0 Å². The first-order valence-corrected chi connectivity index (χ1v) is 5.69. The third kappa shape index (κ3) is 2.95. The Morgan fingerprint density at radius 3 is 2.81 bits per heavy atom. The van der Waals surface area contributed by atoms with Gasteiger partial charge in [-0.2, -0.15) is 0 Å². The Balaban J connectivity index is 2.79. The molecule has 0 aromatic carbocycles. The van der Waals surface area contributed by atoms with Crippen LogP contribution in [0.15, 0.2) is 18.5 Å². The molecule has 0 aliphatic carbocycles. The number of unbranched alkanes of at least 4 members (excludes halogenated alkanes) is 1. The minimum absolute atomic E-state index is 0.00384. The average Bonchev–Trinajstić information content (AvgIpc) is 2.30. The van der Waals surface area contributed by atoms with Crippen molar-refractivity contribution in [3.8, 4) is 0 Å². The minimum Gasteiger partial charge on any atom is -0.397 e. The summed E-state index contributed by atoms with van der Waals surface area (Å²) < 4.78 is 0. The van der Waals surface area contributed by atoms with Gasteiger partial charge in [0.15, 0.2) is 0 Å². The van der Waals surface area contributed by atoms with Gasteiger partial charge in [0, 0.05) is 19.3 Å². The van der Waals surface area contributed by atoms with Crippen LogP contribution in [-0.4, -0.2) is 28.9 Å². The quantitative estimate of drug-likeness (QED) is 0.826. The lowest BCUT2D eigenvalue weighted by atomic mass is 10.2. The summed E-state index contributed by atoms with van der Waals surface area (Å²) in [5, 5.41) is 0. The Bertz CT molecular complexity index is 352. The van der Waals surface area contributed by atoms with Crippen molar-refractivity contribution >= 4 is 11.6 Å². The smallest absolute Gasteiger partial charge is 0.256 e. The zero-order valence-corrected chi connectivity index (χ0v) is 9.94. The normalized spacial score (nSPS) is 10.1. The molecule has 88 valence electrons. The van der Waals surface area contributed by atoms with Crippen molar-refractivity contribution < 1.29 is 4.79 Å². The van der Waals surface area contributed by atoms with Crippen molar-refractivity contribution in [1.82, 2.24) is 9.88 Å². The Hall–Kier alpha value is -1.58. The summed E-state index contributed by atoms with van der Waals surface area (Å²) in [6, 6.07) is 1.67. The number of anilines is 1. The second kappa shape index (κ2) is 6.10. The SMILES string of the molecule is CCCCN(CC)C(=O)c1ccncc1N. The first-order chi connectivity index (χ1) is 7.70. The zero-order chi connectivity index (χ0) is 12.0. The fourth-order valence-electron chi connectivity index (χ4n) is 1.52. The van der Waals surface area contributed by atoms with Crippen molar-refractivity contribution in [3.05, 3.63) is 24.0 Å². The lowest BCUT2D eigenvalue weighted by molar-refractivity contribution is 0.0763. The van der Waals surface area contributed by atoms with E-state index in [2.05, 4.69) is 11.9 Å². The highest BCUT2D eigenvalue weighted by molar-refractivity contribution is 5.98. The highest BCUT2D eigenvalue weighted by atomic mass is 16.2. The standard InChI is InChI=1S/C12H19N3O/c1-3-5-8-15(4-2)12(16)10-6-7-14-9-11(10)13/h6-7,9H,3-5,8,13H2,1-2H3. The summed E-state index contributed by atoms with van der Waals surface area (Å²) >= 11 is 0. The molecule has 0 fully saturated rings. The number of rotatable bonds is 5. The van der Waals surface area contributed by atoms with Gasteiger partial charge in [0.05, 0.1) is 17.4 Å². The molecular weight excluding hydrogens is 202 g/mol. The molecule has 4 heteroatoms. The number of carbonyl (C=O) groups excluding carboxylic acids is 1. The minimum atomic E-state index is -0.00384. The van der Waals surface area contributed by atoms with Crippen LogP contribution < -0.4 is 5.73 Å². The molecule has 0 saturated heterocycles. The predicted molar refractivity (Wildman–Crippen MR) is 65.1 cm³/mol. The molecule has 1 amide bonds. The Morgan fingerprint density at radius 2 is 2.25 bits per heavy atom. The van der Waals surface area contributed by atoms with E-state index in [9.17, 15) is 4.79 Å². The average molecular weight is 221 g/mol. The third-order valence-corrected chi connectivity index (χ3v) is 2.53. The van der Waals surface area contributed by atoms with Crippen LogP contribution in [0, 0.1) is 0 Å². The maximum absolute atomic E-state index is 12.1. The Labute approximate surface area is 96.5 Å². The molecule has 0 aliphatic heterocycles. The molecule has 0 unspecified atom stereocenters. The van der Waals surface area contributed by atoms with Gasteiger partial charge >= 0.3 is 0 Å². The molecule has 0 radical (unpaired) electrons. The summed E-state index contributed by atoms with van der Waals surface area (Å²) in [5.41, 5.74) is 6.73. The Kier molecular flexibility index (Phi) is 4.76. The van der Waals surface area contributed by atoms with Crippen molar-refractivity contribution in [2.24, 2.45) is 0 Å². The zero-order valence-electron chi connectivity index (χ0n) is 9.94. The maximum Gasteiger partial charge on any atom is 0.256 e. The molecule has 0 saturated carbocycles. The molecular formula is C12H19N3O. The van der Waals surface area contributed by atoms with Crippen LogP contribution in [0.5, 0.6) is 0 Å². The van der Waals surface area contributed by atoms with Crippen molar-refractivity contribution in [1.29, 1.82) is 0 Å². The number of nitrogens with zero attached hydrogens (tertiary/aromatic N) is 2. The second-order valence-corrected chi connectivity index (χ2v) is 3.70. The van der Waals surface area contributed by atoms with Crippen molar-refractivity contribution in [2.75, 3.05) is 18.8 Å². The van der Waals surface area contributed by atoms with Gasteiger partial charge in [-0.05, 0) is 19.4 Å². The summed E-state index contributed by atoms with van der Waals surface area (Å²) in [6.45, 7) is 5.58.